The third-order valence-corrected chi connectivity index (χ3v) is 8.26. The zero-order valence-corrected chi connectivity index (χ0v) is 25.1. The van der Waals surface area contributed by atoms with E-state index in [2.05, 4.69) is 15.4 Å². The van der Waals surface area contributed by atoms with E-state index in [4.69, 9.17) is 4.74 Å². The molecule has 3 N–H and O–H groups in total. The Balaban J connectivity index is 1.88. The van der Waals surface area contributed by atoms with Crippen molar-refractivity contribution in [2.75, 3.05) is 26.0 Å². The molecule has 246 valence electrons. The van der Waals surface area contributed by atoms with Crippen LogP contribution in [0.5, 0.6) is 5.75 Å². The molecule has 3 amide bonds. The van der Waals surface area contributed by atoms with Gasteiger partial charge in [-0.15, -0.1) is 0 Å². The van der Waals surface area contributed by atoms with Crippen molar-refractivity contribution in [3.8, 4) is 5.75 Å². The lowest BCUT2D eigenvalue weighted by Gasteiger charge is -2.41. The van der Waals surface area contributed by atoms with Gasteiger partial charge in [0.05, 0.1) is 18.2 Å². The predicted octanol–water partition coefficient (Wildman–Crippen LogP) is 1.67. The molecule has 2 aliphatic rings. The summed E-state index contributed by atoms with van der Waals surface area (Å²) in [4.78, 5) is 53.4. The molecule has 1 aromatic carbocycles. The molecule has 1 aromatic rings. The zero-order chi connectivity index (χ0) is 33.0. The first-order chi connectivity index (χ1) is 20.4. The Morgan fingerprint density at radius 2 is 1.84 bits per heavy atom. The van der Waals surface area contributed by atoms with Gasteiger partial charge in [0.15, 0.2) is 17.3 Å². The number of ether oxygens (including phenoxy) is 1. The third-order valence-electron chi connectivity index (χ3n) is 7.58. The molecule has 2 aliphatic heterocycles. The van der Waals surface area contributed by atoms with Crippen LogP contribution in [-0.2, 0) is 29.2 Å². The Morgan fingerprint density at radius 3 is 2.39 bits per heavy atom. The Hall–Kier alpha value is -3.34. The number of sulfonamides is 1. The molecule has 3 rings (SSSR count). The Labute approximate surface area is 251 Å². The number of piperidine rings is 1. The molecular weight excluding hydrogens is 619 g/mol. The highest BCUT2D eigenvalue weighted by molar-refractivity contribution is 7.88. The molecule has 2 fully saturated rings. The van der Waals surface area contributed by atoms with Crippen LogP contribution in [-0.4, -0.2) is 87.1 Å². The lowest BCUT2D eigenvalue weighted by Crippen LogP contribution is -2.61. The molecule has 17 heteroatoms. The van der Waals surface area contributed by atoms with Crippen molar-refractivity contribution < 1.29 is 54.3 Å². The Morgan fingerprint density at radius 1 is 1.16 bits per heavy atom. The summed E-state index contributed by atoms with van der Waals surface area (Å²) in [5, 5.41) is 4.94. The maximum atomic E-state index is 14.0. The number of Topliss-reactive ketones (excluding diaryl/α,β-unsaturated/α-hetero) is 1. The number of likely N-dealkylation sites (tertiary alicyclic amines) is 1. The highest BCUT2D eigenvalue weighted by Gasteiger charge is 2.49. The number of hydrogen-bond donors (Lipinski definition) is 3. The smallest absolute Gasteiger partial charge is 0.391 e. The average Bonchev–Trinajstić information content (AvgIpc) is 3.32. The molecule has 44 heavy (non-hydrogen) atoms. The highest BCUT2D eigenvalue weighted by Crippen LogP contribution is 2.37. The largest absolute Gasteiger partial charge is 0.483 e. The fourth-order valence-corrected chi connectivity index (χ4v) is 6.03. The number of nitrogens with zero attached hydrogens (tertiary/aromatic N) is 1. The van der Waals surface area contributed by atoms with Gasteiger partial charge in [-0.1, -0.05) is 13.8 Å². The van der Waals surface area contributed by atoms with Crippen LogP contribution in [0.15, 0.2) is 18.2 Å². The third kappa shape index (κ3) is 9.33. The van der Waals surface area contributed by atoms with Crippen LogP contribution in [0.1, 0.15) is 39.5 Å². The number of rotatable bonds is 12. The number of nitrogens with one attached hydrogen (secondary N) is 3. The molecule has 0 radical (unpaired) electrons. The first kappa shape index (κ1) is 35.1. The van der Waals surface area contributed by atoms with Gasteiger partial charge in [-0.2, -0.15) is 13.2 Å². The number of carbonyl (C=O) groups is 4. The van der Waals surface area contributed by atoms with E-state index in [1.54, 1.807) is 0 Å². The van der Waals surface area contributed by atoms with E-state index in [0.29, 0.717) is 12.5 Å². The summed E-state index contributed by atoms with van der Waals surface area (Å²) in [7, 11) is -3.93. The second-order valence-corrected chi connectivity index (χ2v) is 13.1. The van der Waals surface area contributed by atoms with Gasteiger partial charge in [-0.05, 0) is 43.7 Å². The number of carbonyl (C=O) groups excluding carboxylic acids is 4. The van der Waals surface area contributed by atoms with Gasteiger partial charge in [0.1, 0.15) is 24.5 Å². The molecule has 1 unspecified atom stereocenters. The lowest BCUT2D eigenvalue weighted by molar-refractivity contribution is -0.192. The highest BCUT2D eigenvalue weighted by atomic mass is 32.2. The van der Waals surface area contributed by atoms with Gasteiger partial charge >= 0.3 is 6.18 Å². The molecule has 2 saturated heterocycles. The summed E-state index contributed by atoms with van der Waals surface area (Å²) in [6.45, 7) is 1.96. The standard InChI is InChI=1S/C27H35F5N4O7S/c1-14(2)23(35-44(3,41)42)26(40)36-9-7-16(27(30,31)32)11-20(36)25(39)34-19(10-15-6-8-33-24(15)38)21(37)13-43-22-5-4-17(28)12-18(22)29/h4-5,12,14-16,19-20,23,35H,6-11,13H2,1-3H3,(H,33,38)(H,34,39)/t15-,16?,19-,20-,23-/m0/s1. The van der Waals surface area contributed by atoms with Crippen molar-refractivity contribution in [1.29, 1.82) is 0 Å². The van der Waals surface area contributed by atoms with Gasteiger partial charge in [-0.3, -0.25) is 19.2 Å². The molecule has 0 saturated carbocycles. The minimum atomic E-state index is -4.71. The molecular formula is C27H35F5N4O7S. The maximum Gasteiger partial charge on any atom is 0.391 e. The topological polar surface area (TPSA) is 151 Å². The van der Waals surface area contributed by atoms with E-state index in [0.717, 1.165) is 23.3 Å². The fraction of sp³-hybridized carbons (Fsp3) is 0.630. The number of halogens is 5. The van der Waals surface area contributed by atoms with Crippen molar-refractivity contribution in [2.45, 2.75) is 63.8 Å². The Kier molecular flexibility index (Phi) is 11.3. The van der Waals surface area contributed by atoms with Gasteiger partial charge in [0.25, 0.3) is 0 Å². The monoisotopic (exact) mass is 654 g/mol. The van der Waals surface area contributed by atoms with Crippen molar-refractivity contribution >= 4 is 33.5 Å². The van der Waals surface area contributed by atoms with Crippen LogP contribution in [0, 0.1) is 29.4 Å². The van der Waals surface area contributed by atoms with Crippen LogP contribution in [0.25, 0.3) is 0 Å². The number of benzene rings is 1. The van der Waals surface area contributed by atoms with E-state index >= 15 is 0 Å². The number of alkyl halides is 3. The van der Waals surface area contributed by atoms with Crippen molar-refractivity contribution in [3.63, 3.8) is 0 Å². The summed E-state index contributed by atoms with van der Waals surface area (Å²) in [6.07, 6.45) is -5.26. The predicted molar refractivity (Wildman–Crippen MR) is 145 cm³/mol. The Bertz CT molecular complexity index is 1360. The van der Waals surface area contributed by atoms with E-state index in [9.17, 15) is 49.5 Å². The van der Waals surface area contributed by atoms with Crippen LogP contribution >= 0.6 is 0 Å². The molecule has 0 spiro atoms. The quantitative estimate of drug-likeness (QED) is 0.290. The molecule has 0 aliphatic carbocycles. The summed E-state index contributed by atoms with van der Waals surface area (Å²) < 4.78 is 99.7. The summed E-state index contributed by atoms with van der Waals surface area (Å²) >= 11 is 0. The number of ketones is 1. The van der Waals surface area contributed by atoms with Gasteiger partial charge < -0.3 is 20.3 Å². The molecule has 5 atom stereocenters. The van der Waals surface area contributed by atoms with Crippen molar-refractivity contribution in [1.82, 2.24) is 20.3 Å². The van der Waals surface area contributed by atoms with Crippen LogP contribution < -0.4 is 20.1 Å². The minimum Gasteiger partial charge on any atom is -0.483 e. The van der Waals surface area contributed by atoms with E-state index < -0.39 is 119 Å². The SMILES string of the molecule is CC(C)[C@H](NS(C)(=O)=O)C(=O)N1CCC(C(F)(F)F)C[C@H]1C(=O)N[C@@H](C[C@@H]1CCNC1=O)C(=O)COc1ccc(F)cc1F. The minimum absolute atomic E-state index is 0.265. The molecule has 2 heterocycles. The summed E-state index contributed by atoms with van der Waals surface area (Å²) in [6, 6.07) is -2.27. The number of hydrogen-bond acceptors (Lipinski definition) is 7. The lowest BCUT2D eigenvalue weighted by atomic mass is 9.88. The fourth-order valence-electron chi connectivity index (χ4n) is 5.19. The first-order valence-corrected chi connectivity index (χ1v) is 15.8. The molecule has 11 nitrogen and oxygen atoms in total. The van der Waals surface area contributed by atoms with Crippen LogP contribution in [0.4, 0.5) is 22.0 Å². The second kappa shape index (κ2) is 14.2. The first-order valence-electron chi connectivity index (χ1n) is 13.9. The van der Waals surface area contributed by atoms with E-state index in [1.165, 1.54) is 13.8 Å². The average molecular weight is 655 g/mol. The van der Waals surface area contributed by atoms with Gasteiger partial charge in [-0.25, -0.2) is 21.9 Å². The summed E-state index contributed by atoms with van der Waals surface area (Å²) in [5.41, 5.74) is 0. The normalized spacial score (nSPS) is 22.3. The molecule has 0 aromatic heterocycles. The second-order valence-electron chi connectivity index (χ2n) is 11.3. The zero-order valence-electron chi connectivity index (χ0n) is 24.2. The van der Waals surface area contributed by atoms with E-state index in [-0.39, 0.29) is 13.0 Å². The van der Waals surface area contributed by atoms with Crippen molar-refractivity contribution in [2.24, 2.45) is 17.8 Å². The van der Waals surface area contributed by atoms with Gasteiger partial charge in [0, 0.05) is 25.1 Å². The van der Waals surface area contributed by atoms with Crippen molar-refractivity contribution in [3.05, 3.63) is 29.8 Å². The van der Waals surface area contributed by atoms with E-state index in [1.807, 2.05) is 0 Å². The summed E-state index contributed by atoms with van der Waals surface area (Å²) in [5.74, 6) is -9.15. The van der Waals surface area contributed by atoms with Crippen LogP contribution in [0.2, 0.25) is 0 Å². The molecule has 0 bridgehead atoms. The maximum absolute atomic E-state index is 14.0. The van der Waals surface area contributed by atoms with Crippen LogP contribution in [0.3, 0.4) is 0 Å². The van der Waals surface area contributed by atoms with Gasteiger partial charge in [0.2, 0.25) is 27.7 Å². The number of amides is 3.